The van der Waals surface area contributed by atoms with Gasteiger partial charge in [0.05, 0.1) is 10.6 Å². The van der Waals surface area contributed by atoms with Crippen LogP contribution in [0.5, 0.6) is 0 Å². The molecule has 0 aliphatic carbocycles. The lowest BCUT2D eigenvalue weighted by Gasteiger charge is -2.21. The number of aromatic nitrogens is 2. The summed E-state index contributed by atoms with van der Waals surface area (Å²) >= 11 is 17.6. The zero-order valence-electron chi connectivity index (χ0n) is 14.7. The van der Waals surface area contributed by atoms with E-state index in [0.717, 1.165) is 13.0 Å². The molecule has 6 nitrogen and oxygen atoms in total. The normalized spacial score (nSPS) is 12.4. The summed E-state index contributed by atoms with van der Waals surface area (Å²) in [7, 11) is 0. The van der Waals surface area contributed by atoms with Crippen molar-refractivity contribution in [1.29, 1.82) is 0 Å². The Bertz CT molecular complexity index is 877. The summed E-state index contributed by atoms with van der Waals surface area (Å²) in [5.41, 5.74) is 4.00. The van der Waals surface area contributed by atoms with Gasteiger partial charge in [0.1, 0.15) is 22.8 Å². The molecular weight excluding hydrogens is 461 g/mol. The number of benzene rings is 1. The molecule has 1 atom stereocenters. The van der Waals surface area contributed by atoms with Crippen LogP contribution in [-0.2, 0) is 4.79 Å². The van der Waals surface area contributed by atoms with E-state index < -0.39 is 34.9 Å². The van der Waals surface area contributed by atoms with Crippen LogP contribution in [0.1, 0.15) is 13.3 Å². The van der Waals surface area contributed by atoms with Crippen LogP contribution in [0, 0.1) is 5.82 Å². The average Bonchev–Trinajstić information content (AvgIpc) is 2.61. The Labute approximate surface area is 177 Å². The lowest BCUT2D eigenvalue weighted by Crippen LogP contribution is -2.34. The highest BCUT2D eigenvalue weighted by atomic mass is 35.5. The van der Waals surface area contributed by atoms with E-state index >= 15 is 0 Å². The number of amides is 1. The minimum atomic E-state index is -4.63. The Hall–Kier alpha value is -2.04. The molecule has 0 saturated heterocycles. The predicted octanol–water partition coefficient (Wildman–Crippen LogP) is 5.02. The number of carbonyl (C=O) groups is 1. The van der Waals surface area contributed by atoms with E-state index in [4.69, 9.17) is 34.8 Å². The van der Waals surface area contributed by atoms with E-state index in [9.17, 15) is 22.4 Å². The van der Waals surface area contributed by atoms with E-state index in [1.165, 1.54) is 12.1 Å². The Balaban J connectivity index is 2.53. The molecule has 0 spiro atoms. The van der Waals surface area contributed by atoms with Crippen LogP contribution in [0.4, 0.5) is 29.3 Å². The number of hydrogen-bond donors (Lipinski definition) is 3. The largest absolute Gasteiger partial charge is 0.408 e. The minimum absolute atomic E-state index is 0.0264. The topological polar surface area (TPSA) is 78.9 Å². The molecule has 1 heterocycles. The highest BCUT2D eigenvalue weighted by molar-refractivity contribution is 6.36. The summed E-state index contributed by atoms with van der Waals surface area (Å²) in [4.78, 5) is 19.2. The first kappa shape index (κ1) is 23.2. The highest BCUT2D eigenvalue weighted by Gasteiger charge is 2.37. The number of anilines is 2. The molecule has 3 N–H and O–H groups in total. The zero-order valence-corrected chi connectivity index (χ0v) is 16.9. The van der Waals surface area contributed by atoms with Gasteiger partial charge in [-0.1, -0.05) is 29.3 Å². The fourth-order valence-corrected chi connectivity index (χ4v) is 2.81. The summed E-state index contributed by atoms with van der Waals surface area (Å²) in [6, 6.07) is 1.67. The highest BCUT2D eigenvalue weighted by Crippen LogP contribution is 2.40. The maximum absolute atomic E-state index is 14.4. The molecule has 2 aromatic rings. The smallest absolute Gasteiger partial charge is 0.358 e. The van der Waals surface area contributed by atoms with Crippen LogP contribution in [0.2, 0.25) is 10.2 Å². The SMILES string of the molecule is CC(Nc1nc(NNC(=O)CCCl)nc(Cl)c1-c1c(F)cccc1Cl)C(F)(F)F. The predicted molar refractivity (Wildman–Crippen MR) is 104 cm³/mol. The van der Waals surface area contributed by atoms with Crippen molar-refractivity contribution in [3.63, 3.8) is 0 Å². The van der Waals surface area contributed by atoms with Crippen molar-refractivity contribution in [2.24, 2.45) is 0 Å². The number of alkyl halides is 4. The standard InChI is InChI=1S/C16H14Cl3F4N5O/c1-7(16(21,22)23)24-14-12(11-8(18)3-2-4-9(11)20)13(19)25-15(26-14)28-27-10(29)5-6-17/h2-4,7H,5-6H2,1H3,(H,27,29)(H2,24,25,26,28). The second kappa shape index (κ2) is 9.64. The van der Waals surface area contributed by atoms with Crippen molar-refractivity contribution in [2.45, 2.75) is 25.6 Å². The number of nitrogens with one attached hydrogen (secondary N) is 3. The molecule has 0 aliphatic rings. The Morgan fingerprint density at radius 2 is 1.90 bits per heavy atom. The lowest BCUT2D eigenvalue weighted by atomic mass is 10.1. The number of hydrogen-bond acceptors (Lipinski definition) is 5. The van der Waals surface area contributed by atoms with Crippen LogP contribution in [0.15, 0.2) is 18.2 Å². The van der Waals surface area contributed by atoms with Gasteiger partial charge >= 0.3 is 6.18 Å². The van der Waals surface area contributed by atoms with E-state index in [-0.39, 0.29) is 34.4 Å². The van der Waals surface area contributed by atoms with E-state index in [1.807, 2.05) is 0 Å². The van der Waals surface area contributed by atoms with Crippen molar-refractivity contribution in [3.8, 4) is 11.1 Å². The third-order valence-electron chi connectivity index (χ3n) is 3.56. The molecule has 29 heavy (non-hydrogen) atoms. The van der Waals surface area contributed by atoms with E-state index in [2.05, 4.69) is 26.1 Å². The van der Waals surface area contributed by atoms with Crippen LogP contribution < -0.4 is 16.2 Å². The number of hydrazine groups is 1. The molecular formula is C16H14Cl3F4N5O. The minimum Gasteiger partial charge on any atom is -0.358 e. The van der Waals surface area contributed by atoms with Crippen LogP contribution in [0.3, 0.4) is 0 Å². The molecule has 1 aromatic carbocycles. The van der Waals surface area contributed by atoms with Crippen molar-refractivity contribution in [3.05, 3.63) is 34.2 Å². The molecule has 13 heteroatoms. The monoisotopic (exact) mass is 473 g/mol. The van der Waals surface area contributed by atoms with E-state index in [0.29, 0.717) is 0 Å². The first-order chi connectivity index (χ1) is 13.5. The van der Waals surface area contributed by atoms with Gasteiger partial charge in [0.2, 0.25) is 11.9 Å². The summed E-state index contributed by atoms with van der Waals surface area (Å²) in [6.45, 7) is 0.845. The van der Waals surface area contributed by atoms with Gasteiger partial charge in [-0.2, -0.15) is 23.1 Å². The van der Waals surface area contributed by atoms with Gasteiger partial charge in [-0.25, -0.2) is 4.39 Å². The molecule has 1 unspecified atom stereocenters. The van der Waals surface area contributed by atoms with Crippen molar-refractivity contribution in [2.75, 3.05) is 16.6 Å². The first-order valence-corrected chi connectivity index (χ1v) is 9.29. The summed E-state index contributed by atoms with van der Waals surface area (Å²) in [5, 5.41) is 1.64. The summed E-state index contributed by atoms with van der Waals surface area (Å²) in [5.74, 6) is -2.06. The second-order valence-corrected chi connectivity index (χ2v) is 6.82. The molecule has 0 radical (unpaired) electrons. The van der Waals surface area contributed by atoms with Gasteiger partial charge in [0, 0.05) is 17.9 Å². The molecule has 0 saturated carbocycles. The maximum Gasteiger partial charge on any atom is 0.408 e. The van der Waals surface area contributed by atoms with Crippen molar-refractivity contribution >= 4 is 52.5 Å². The third kappa shape index (κ3) is 5.97. The van der Waals surface area contributed by atoms with Crippen LogP contribution >= 0.6 is 34.8 Å². The molecule has 1 aromatic heterocycles. The Morgan fingerprint density at radius 3 is 2.48 bits per heavy atom. The van der Waals surface area contributed by atoms with Gasteiger partial charge in [-0.3, -0.25) is 15.6 Å². The van der Waals surface area contributed by atoms with Gasteiger partial charge < -0.3 is 5.32 Å². The molecule has 0 bridgehead atoms. The quantitative estimate of drug-likeness (QED) is 0.227. The fraction of sp³-hybridized carbons (Fsp3) is 0.312. The van der Waals surface area contributed by atoms with Crippen LogP contribution in [0.25, 0.3) is 11.1 Å². The fourth-order valence-electron chi connectivity index (χ4n) is 2.11. The Kier molecular flexibility index (Phi) is 7.73. The zero-order chi connectivity index (χ0) is 21.8. The van der Waals surface area contributed by atoms with Crippen LogP contribution in [-0.4, -0.2) is 34.0 Å². The average molecular weight is 475 g/mol. The third-order valence-corrected chi connectivity index (χ3v) is 4.33. The van der Waals surface area contributed by atoms with Gasteiger partial charge in [0.15, 0.2) is 0 Å². The van der Waals surface area contributed by atoms with Crippen molar-refractivity contribution in [1.82, 2.24) is 15.4 Å². The lowest BCUT2D eigenvalue weighted by molar-refractivity contribution is -0.138. The van der Waals surface area contributed by atoms with Crippen molar-refractivity contribution < 1.29 is 22.4 Å². The number of rotatable bonds is 7. The molecule has 0 fully saturated rings. The number of halogens is 7. The molecule has 1 amide bonds. The number of carbonyl (C=O) groups excluding carboxylic acids is 1. The van der Waals surface area contributed by atoms with Gasteiger partial charge in [-0.15, -0.1) is 11.6 Å². The summed E-state index contributed by atoms with van der Waals surface area (Å²) in [6.07, 6.45) is -4.66. The molecule has 0 aliphatic heterocycles. The summed E-state index contributed by atoms with van der Waals surface area (Å²) < 4.78 is 53.5. The second-order valence-electron chi connectivity index (χ2n) is 5.68. The molecule has 158 valence electrons. The maximum atomic E-state index is 14.4. The van der Waals surface area contributed by atoms with Gasteiger partial charge in [0.25, 0.3) is 0 Å². The Morgan fingerprint density at radius 1 is 1.21 bits per heavy atom. The molecule has 2 rings (SSSR count). The van der Waals surface area contributed by atoms with Gasteiger partial charge in [-0.05, 0) is 19.1 Å². The first-order valence-electron chi connectivity index (χ1n) is 8.00. The number of nitrogens with zero attached hydrogens (tertiary/aromatic N) is 2. The van der Waals surface area contributed by atoms with E-state index in [1.54, 1.807) is 0 Å².